The van der Waals surface area contributed by atoms with Crippen molar-refractivity contribution in [1.82, 2.24) is 29.9 Å². The van der Waals surface area contributed by atoms with Gasteiger partial charge in [-0.25, -0.2) is 0 Å². The van der Waals surface area contributed by atoms with Crippen molar-refractivity contribution in [2.24, 2.45) is 7.05 Å². The minimum atomic E-state index is -4.52. The molecule has 1 saturated carbocycles. The molecule has 1 atom stereocenters. The molecule has 3 aromatic heterocycles. The van der Waals surface area contributed by atoms with Crippen LogP contribution in [0.3, 0.4) is 0 Å². The largest absolute Gasteiger partial charge is 0.433 e. The standard InChI is InChI=1S/C22H23F3N6O/c1-30-19(12-16(28-30)13-4-2-5-13)21(32)27-15-6-3-9-31-18(15)11-17(29-31)14-7-8-26-20(10-14)22(23,24)25/h7-8,10-13,15H,2-6,9H2,1H3,(H,27,32)/t15-/m0/s1. The maximum atomic E-state index is 13.0. The van der Waals surface area contributed by atoms with Crippen molar-refractivity contribution in [2.75, 3.05) is 0 Å². The molecule has 0 aromatic carbocycles. The molecule has 0 saturated heterocycles. The summed E-state index contributed by atoms with van der Waals surface area (Å²) in [5, 5.41) is 12.1. The number of aryl methyl sites for hydroxylation is 2. The van der Waals surface area contributed by atoms with Crippen molar-refractivity contribution in [2.45, 2.75) is 56.8 Å². The van der Waals surface area contributed by atoms with Gasteiger partial charge < -0.3 is 5.32 Å². The maximum absolute atomic E-state index is 13.0. The highest BCUT2D eigenvalue weighted by molar-refractivity contribution is 5.93. The Morgan fingerprint density at radius 1 is 1.12 bits per heavy atom. The predicted octanol–water partition coefficient (Wildman–Crippen LogP) is 4.23. The van der Waals surface area contributed by atoms with Crippen LogP contribution in [0.1, 0.15) is 71.6 Å². The predicted molar refractivity (Wildman–Crippen MR) is 110 cm³/mol. The number of pyridine rings is 1. The molecule has 0 unspecified atom stereocenters. The van der Waals surface area contributed by atoms with Crippen LogP contribution in [0.5, 0.6) is 0 Å². The fraction of sp³-hybridized carbons (Fsp3) is 0.455. The van der Waals surface area contributed by atoms with Gasteiger partial charge in [0.2, 0.25) is 0 Å². The third kappa shape index (κ3) is 3.78. The van der Waals surface area contributed by atoms with E-state index in [1.54, 1.807) is 22.5 Å². The molecular weight excluding hydrogens is 421 g/mol. The minimum absolute atomic E-state index is 0.213. The normalized spacial score (nSPS) is 18.8. The zero-order valence-electron chi connectivity index (χ0n) is 17.6. The summed E-state index contributed by atoms with van der Waals surface area (Å²) in [6.45, 7) is 0.649. The van der Waals surface area contributed by atoms with Crippen molar-refractivity contribution in [3.05, 3.63) is 53.2 Å². The summed E-state index contributed by atoms with van der Waals surface area (Å²) in [5.41, 5.74) is 2.07. The fourth-order valence-electron chi connectivity index (χ4n) is 4.35. The maximum Gasteiger partial charge on any atom is 0.433 e. The number of carbonyl (C=O) groups is 1. The van der Waals surface area contributed by atoms with Gasteiger partial charge in [-0.1, -0.05) is 6.42 Å². The van der Waals surface area contributed by atoms with E-state index in [-0.39, 0.29) is 11.9 Å². The number of alkyl halides is 3. The Hall–Kier alpha value is -3.17. The zero-order chi connectivity index (χ0) is 22.5. The average molecular weight is 444 g/mol. The van der Waals surface area contributed by atoms with Crippen LogP contribution in [-0.2, 0) is 19.8 Å². The number of rotatable bonds is 4. The summed E-state index contributed by atoms with van der Waals surface area (Å²) in [4.78, 5) is 16.4. The van der Waals surface area contributed by atoms with E-state index in [0.717, 1.165) is 49.3 Å². The molecule has 2 aliphatic rings. The Bertz CT molecular complexity index is 1160. The van der Waals surface area contributed by atoms with Gasteiger partial charge in [-0.2, -0.15) is 23.4 Å². The van der Waals surface area contributed by atoms with E-state index < -0.39 is 11.9 Å². The third-order valence-electron chi connectivity index (χ3n) is 6.34. The van der Waals surface area contributed by atoms with Crippen LogP contribution in [-0.4, -0.2) is 30.5 Å². The topological polar surface area (TPSA) is 77.6 Å². The Labute approximate surface area is 182 Å². The van der Waals surface area contributed by atoms with Gasteiger partial charge in [-0.15, -0.1) is 0 Å². The molecular formula is C22H23F3N6O. The van der Waals surface area contributed by atoms with Gasteiger partial charge in [-0.3, -0.25) is 19.1 Å². The number of fused-ring (bicyclic) bond motifs is 1. The third-order valence-corrected chi connectivity index (χ3v) is 6.34. The summed E-state index contributed by atoms with van der Waals surface area (Å²) >= 11 is 0. The molecule has 4 heterocycles. The molecule has 7 nitrogen and oxygen atoms in total. The van der Waals surface area contributed by atoms with Gasteiger partial charge in [0.15, 0.2) is 0 Å². The average Bonchev–Trinajstić information content (AvgIpc) is 3.30. The quantitative estimate of drug-likeness (QED) is 0.653. The van der Waals surface area contributed by atoms with Gasteiger partial charge in [0.05, 0.1) is 23.1 Å². The smallest absolute Gasteiger partial charge is 0.342 e. The highest BCUT2D eigenvalue weighted by atomic mass is 19.4. The minimum Gasteiger partial charge on any atom is -0.342 e. The lowest BCUT2D eigenvalue weighted by Gasteiger charge is -2.24. The van der Waals surface area contributed by atoms with Crippen molar-refractivity contribution >= 4 is 5.91 Å². The highest BCUT2D eigenvalue weighted by Crippen LogP contribution is 2.36. The van der Waals surface area contributed by atoms with E-state index in [1.165, 1.54) is 12.5 Å². The van der Waals surface area contributed by atoms with Gasteiger partial charge in [-0.05, 0) is 49.9 Å². The first-order valence-corrected chi connectivity index (χ1v) is 10.8. The molecule has 1 fully saturated rings. The van der Waals surface area contributed by atoms with Gasteiger partial charge >= 0.3 is 6.18 Å². The Morgan fingerprint density at radius 2 is 1.94 bits per heavy atom. The number of hydrogen-bond acceptors (Lipinski definition) is 4. The lowest BCUT2D eigenvalue weighted by Crippen LogP contribution is -2.33. The Balaban J connectivity index is 1.38. The first-order valence-electron chi connectivity index (χ1n) is 10.8. The monoisotopic (exact) mass is 444 g/mol. The molecule has 1 aliphatic carbocycles. The zero-order valence-corrected chi connectivity index (χ0v) is 17.6. The Kier molecular flexibility index (Phi) is 5.02. The van der Waals surface area contributed by atoms with E-state index in [1.807, 2.05) is 6.07 Å². The van der Waals surface area contributed by atoms with Crippen molar-refractivity contribution < 1.29 is 18.0 Å². The van der Waals surface area contributed by atoms with Crippen molar-refractivity contribution in [3.63, 3.8) is 0 Å². The van der Waals surface area contributed by atoms with Crippen LogP contribution in [0, 0.1) is 0 Å². The van der Waals surface area contributed by atoms with Crippen LogP contribution in [0.15, 0.2) is 30.5 Å². The molecule has 1 amide bonds. The summed E-state index contributed by atoms with van der Waals surface area (Å²) in [6.07, 6.45) is 1.56. The molecule has 3 aromatic rings. The number of nitrogens with zero attached hydrogens (tertiary/aromatic N) is 5. The van der Waals surface area contributed by atoms with Crippen LogP contribution >= 0.6 is 0 Å². The number of nitrogens with one attached hydrogen (secondary N) is 1. The lowest BCUT2D eigenvalue weighted by molar-refractivity contribution is -0.141. The van der Waals surface area contributed by atoms with E-state index in [2.05, 4.69) is 20.5 Å². The fourth-order valence-corrected chi connectivity index (χ4v) is 4.35. The molecule has 1 N–H and O–H groups in total. The van der Waals surface area contributed by atoms with E-state index >= 15 is 0 Å². The molecule has 5 rings (SSSR count). The highest BCUT2D eigenvalue weighted by Gasteiger charge is 2.33. The second kappa shape index (κ2) is 7.75. The molecule has 0 spiro atoms. The number of hydrogen-bond donors (Lipinski definition) is 1. The molecule has 10 heteroatoms. The van der Waals surface area contributed by atoms with Gasteiger partial charge in [0.1, 0.15) is 11.4 Å². The summed E-state index contributed by atoms with van der Waals surface area (Å²) in [6, 6.07) is 5.85. The first-order chi connectivity index (χ1) is 15.3. The van der Waals surface area contributed by atoms with Gasteiger partial charge in [0.25, 0.3) is 5.91 Å². The summed E-state index contributed by atoms with van der Waals surface area (Å²) < 4.78 is 42.5. The molecule has 168 valence electrons. The van der Waals surface area contributed by atoms with E-state index in [4.69, 9.17) is 0 Å². The lowest BCUT2D eigenvalue weighted by atomic mass is 9.83. The van der Waals surface area contributed by atoms with E-state index in [0.29, 0.717) is 29.4 Å². The van der Waals surface area contributed by atoms with Crippen LogP contribution in [0.25, 0.3) is 11.3 Å². The van der Waals surface area contributed by atoms with Crippen LogP contribution in [0.4, 0.5) is 13.2 Å². The van der Waals surface area contributed by atoms with Crippen LogP contribution in [0.2, 0.25) is 0 Å². The number of carbonyl (C=O) groups excluding carboxylic acids is 1. The Morgan fingerprint density at radius 3 is 2.66 bits per heavy atom. The van der Waals surface area contributed by atoms with Crippen molar-refractivity contribution in [3.8, 4) is 11.3 Å². The molecule has 0 bridgehead atoms. The first kappa shape index (κ1) is 20.7. The number of halogens is 3. The van der Waals surface area contributed by atoms with Gasteiger partial charge in [0, 0.05) is 31.3 Å². The van der Waals surface area contributed by atoms with E-state index in [9.17, 15) is 18.0 Å². The summed E-state index contributed by atoms with van der Waals surface area (Å²) in [7, 11) is 1.77. The second-order valence-electron chi connectivity index (χ2n) is 8.48. The number of amides is 1. The number of aromatic nitrogens is 5. The molecule has 1 aliphatic heterocycles. The molecule has 0 radical (unpaired) electrons. The molecule has 32 heavy (non-hydrogen) atoms. The second-order valence-corrected chi connectivity index (χ2v) is 8.48. The van der Waals surface area contributed by atoms with Crippen LogP contribution < -0.4 is 5.32 Å². The SMILES string of the molecule is Cn1nc(C2CCC2)cc1C(=O)N[C@H]1CCCn2nc(-c3ccnc(C(F)(F)F)c3)cc21. The summed E-state index contributed by atoms with van der Waals surface area (Å²) in [5.74, 6) is 0.221. The van der Waals surface area contributed by atoms with Crippen molar-refractivity contribution in [1.29, 1.82) is 0 Å².